The second kappa shape index (κ2) is 37.3. The Hall–Kier alpha value is -2.52. The Labute approximate surface area is 361 Å². The number of carbonyl (C=O) groups is 2. The van der Waals surface area contributed by atoms with Crippen LogP contribution in [0.2, 0.25) is 0 Å². The fourth-order valence-electron chi connectivity index (χ4n) is 7.94. The van der Waals surface area contributed by atoms with Crippen molar-refractivity contribution in [2.75, 3.05) is 19.8 Å². The summed E-state index contributed by atoms with van der Waals surface area (Å²) < 4.78 is 31.4. The van der Waals surface area contributed by atoms with Crippen molar-refractivity contribution in [1.29, 1.82) is 0 Å². The number of hydrogen-bond acceptors (Lipinski definition) is 7. The van der Waals surface area contributed by atoms with Crippen molar-refractivity contribution in [3.63, 3.8) is 0 Å². The molecule has 1 aliphatic rings. The Kier molecular flexibility index (Phi) is 33.2. The lowest BCUT2D eigenvalue weighted by Crippen LogP contribution is -2.66. The molecule has 0 unspecified atom stereocenters. The molecule has 59 heavy (non-hydrogen) atoms. The van der Waals surface area contributed by atoms with E-state index in [2.05, 4.69) is 32.3 Å². The van der Waals surface area contributed by atoms with Crippen molar-refractivity contribution in [3.05, 3.63) is 61.2 Å². The molecule has 1 N–H and O–H groups in total. The van der Waals surface area contributed by atoms with E-state index in [0.29, 0.717) is 19.4 Å². The van der Waals surface area contributed by atoms with Crippen molar-refractivity contribution in [2.45, 2.75) is 231 Å². The van der Waals surface area contributed by atoms with E-state index in [-0.39, 0.29) is 31.7 Å². The van der Waals surface area contributed by atoms with E-state index in [1.165, 1.54) is 128 Å². The summed E-state index contributed by atoms with van der Waals surface area (Å²) >= 11 is 0. The summed E-state index contributed by atoms with van der Waals surface area (Å²) in [5, 5.41) is 3.21. The van der Waals surface area contributed by atoms with Crippen molar-refractivity contribution in [1.82, 2.24) is 5.32 Å². The summed E-state index contributed by atoms with van der Waals surface area (Å²) in [5.74, 6) is -0.329. The zero-order valence-electron chi connectivity index (χ0n) is 37.8. The van der Waals surface area contributed by atoms with Crippen LogP contribution in [0.1, 0.15) is 199 Å². The van der Waals surface area contributed by atoms with E-state index in [1.807, 2.05) is 30.3 Å². The first-order valence-corrected chi connectivity index (χ1v) is 24.2. The maximum atomic E-state index is 13.5. The summed E-state index contributed by atoms with van der Waals surface area (Å²) in [5.41, 5.74) is 0.989. The first-order chi connectivity index (χ1) is 29.0. The van der Waals surface area contributed by atoms with Gasteiger partial charge in [0.1, 0.15) is 31.0 Å². The third kappa shape index (κ3) is 26.4. The van der Waals surface area contributed by atoms with Gasteiger partial charge in [0.15, 0.2) is 6.29 Å². The number of unbranched alkanes of at least 4 members (excludes halogenated alkanes) is 24. The van der Waals surface area contributed by atoms with Gasteiger partial charge in [0.2, 0.25) is 5.91 Å². The smallest absolute Gasteiger partial charge is 0.305 e. The van der Waals surface area contributed by atoms with Gasteiger partial charge in [-0.1, -0.05) is 210 Å². The highest BCUT2D eigenvalue weighted by Gasteiger charge is 2.49. The lowest BCUT2D eigenvalue weighted by atomic mass is 9.95. The first kappa shape index (κ1) is 52.6. The molecule has 0 saturated carbocycles. The number of carbonyl (C=O) groups excluding carboxylic acids is 2. The Balaban J connectivity index is 1.91. The predicted octanol–water partition coefficient (Wildman–Crippen LogP) is 13.1. The number of amides is 1. The largest absolute Gasteiger partial charge is 0.463 e. The van der Waals surface area contributed by atoms with Crippen LogP contribution in [0.15, 0.2) is 55.6 Å². The molecule has 1 heterocycles. The lowest BCUT2D eigenvalue weighted by molar-refractivity contribution is -0.283. The van der Waals surface area contributed by atoms with Crippen molar-refractivity contribution in [2.24, 2.45) is 0 Å². The van der Waals surface area contributed by atoms with E-state index in [9.17, 15) is 9.59 Å². The maximum absolute atomic E-state index is 13.5. The highest BCUT2D eigenvalue weighted by molar-refractivity contribution is 5.76. The van der Waals surface area contributed by atoms with E-state index >= 15 is 0 Å². The van der Waals surface area contributed by atoms with Gasteiger partial charge in [-0.15, -0.1) is 13.2 Å². The zero-order valence-corrected chi connectivity index (χ0v) is 37.8. The average Bonchev–Trinajstić information content (AvgIpc) is 3.25. The molecule has 338 valence electrons. The van der Waals surface area contributed by atoms with Gasteiger partial charge >= 0.3 is 5.97 Å². The SMILES string of the molecule is C=CCO[C@H]1O[C@H](COC(=O)CCCCCCCCCCCCCCC)[C@@H](OCC=C)[C@H](OCc2ccccc2)[C@@H]1NC(=O)CCCCCCCCCCCCCCC. The molecular weight excluding hydrogens is 739 g/mol. The Morgan fingerprint density at radius 1 is 0.593 bits per heavy atom. The zero-order chi connectivity index (χ0) is 42.4. The van der Waals surface area contributed by atoms with Gasteiger partial charge in [0.05, 0.1) is 19.8 Å². The normalized spacial score (nSPS) is 19.1. The molecule has 1 amide bonds. The minimum absolute atomic E-state index is 0.0160. The molecule has 1 aromatic carbocycles. The van der Waals surface area contributed by atoms with E-state index in [1.54, 1.807) is 12.2 Å². The van der Waals surface area contributed by atoms with E-state index in [0.717, 1.165) is 44.1 Å². The highest BCUT2D eigenvalue weighted by Crippen LogP contribution is 2.29. The number of esters is 1. The first-order valence-electron chi connectivity index (χ1n) is 24.2. The Morgan fingerprint density at radius 3 is 1.54 bits per heavy atom. The fraction of sp³-hybridized carbons (Fsp3) is 0.765. The maximum Gasteiger partial charge on any atom is 0.305 e. The highest BCUT2D eigenvalue weighted by atomic mass is 16.7. The van der Waals surface area contributed by atoms with Crippen LogP contribution in [0.5, 0.6) is 0 Å². The molecular formula is C51H87NO7. The van der Waals surface area contributed by atoms with Crippen LogP contribution in [0.25, 0.3) is 0 Å². The molecule has 1 aliphatic heterocycles. The molecule has 8 heteroatoms. The van der Waals surface area contributed by atoms with Crippen LogP contribution in [0.4, 0.5) is 0 Å². The summed E-state index contributed by atoms with van der Waals surface area (Å²) in [6.07, 6.45) is 33.7. The number of hydrogen-bond donors (Lipinski definition) is 1. The van der Waals surface area contributed by atoms with Crippen LogP contribution in [0, 0.1) is 0 Å². The number of ether oxygens (including phenoxy) is 5. The van der Waals surface area contributed by atoms with Gasteiger partial charge in [0.25, 0.3) is 0 Å². The number of nitrogens with one attached hydrogen (secondary N) is 1. The summed E-state index contributed by atoms with van der Waals surface area (Å²) in [7, 11) is 0. The summed E-state index contributed by atoms with van der Waals surface area (Å²) in [4.78, 5) is 26.5. The van der Waals surface area contributed by atoms with Crippen LogP contribution in [0.3, 0.4) is 0 Å². The predicted molar refractivity (Wildman–Crippen MR) is 243 cm³/mol. The molecule has 5 atom stereocenters. The van der Waals surface area contributed by atoms with Gasteiger partial charge in [-0.2, -0.15) is 0 Å². The van der Waals surface area contributed by atoms with Gasteiger partial charge in [0, 0.05) is 12.8 Å². The molecule has 1 fully saturated rings. The van der Waals surface area contributed by atoms with Crippen molar-refractivity contribution < 1.29 is 33.3 Å². The Bertz CT molecular complexity index is 1160. The third-order valence-electron chi connectivity index (χ3n) is 11.4. The molecule has 2 rings (SSSR count). The topological polar surface area (TPSA) is 92.3 Å². The van der Waals surface area contributed by atoms with Crippen LogP contribution >= 0.6 is 0 Å². The molecule has 8 nitrogen and oxygen atoms in total. The van der Waals surface area contributed by atoms with Crippen LogP contribution in [-0.2, 0) is 39.9 Å². The molecule has 1 aromatic rings. The molecule has 0 spiro atoms. The molecule has 0 aromatic heterocycles. The monoisotopic (exact) mass is 826 g/mol. The van der Waals surface area contributed by atoms with Crippen molar-refractivity contribution >= 4 is 11.9 Å². The average molecular weight is 826 g/mol. The fourth-order valence-corrected chi connectivity index (χ4v) is 7.94. The van der Waals surface area contributed by atoms with E-state index < -0.39 is 30.6 Å². The standard InChI is InChI=1S/C51H87NO7/c1-5-9-11-13-15-17-19-21-23-25-27-29-34-38-46(53)52-48-50(58-42-44-36-32-31-33-37-44)49(55-40-7-3)45(59-51(48)56-41-8-4)43-57-47(54)39-35-30-28-26-24-22-20-18-16-14-12-10-6-2/h7-8,31-33,36-37,45,48-51H,3-6,9-30,34-35,38-43H2,1-2H3,(H,52,53)/t45-,48+,49-,50-,51+/m1/s1. The lowest BCUT2D eigenvalue weighted by Gasteiger charge is -2.46. The van der Waals surface area contributed by atoms with Gasteiger partial charge < -0.3 is 29.0 Å². The number of benzene rings is 1. The van der Waals surface area contributed by atoms with Gasteiger partial charge in [-0.25, -0.2) is 0 Å². The quantitative estimate of drug-likeness (QED) is 0.0400. The second-order valence-corrected chi connectivity index (χ2v) is 16.8. The second-order valence-electron chi connectivity index (χ2n) is 16.8. The molecule has 1 saturated heterocycles. The molecule has 0 radical (unpaired) electrons. The van der Waals surface area contributed by atoms with Crippen LogP contribution < -0.4 is 5.32 Å². The Morgan fingerprint density at radius 2 is 1.05 bits per heavy atom. The van der Waals surface area contributed by atoms with E-state index in [4.69, 9.17) is 23.7 Å². The minimum atomic E-state index is -0.863. The third-order valence-corrected chi connectivity index (χ3v) is 11.4. The van der Waals surface area contributed by atoms with Crippen molar-refractivity contribution in [3.8, 4) is 0 Å². The molecule has 0 aliphatic carbocycles. The van der Waals surface area contributed by atoms with Gasteiger partial charge in [-0.3, -0.25) is 9.59 Å². The van der Waals surface area contributed by atoms with Crippen LogP contribution in [-0.4, -0.2) is 62.3 Å². The summed E-state index contributed by atoms with van der Waals surface area (Å²) in [6, 6.07) is 9.25. The summed E-state index contributed by atoms with van der Waals surface area (Å²) in [6.45, 7) is 12.9. The van der Waals surface area contributed by atoms with Gasteiger partial charge in [-0.05, 0) is 18.4 Å². The minimum Gasteiger partial charge on any atom is -0.463 e. The number of rotatable bonds is 40. The molecule has 0 bridgehead atoms.